The van der Waals surface area contributed by atoms with E-state index in [4.69, 9.17) is 0 Å². The lowest BCUT2D eigenvalue weighted by molar-refractivity contribution is 0.375. The number of nitrogens with zero attached hydrogens (tertiary/aromatic N) is 1. The Labute approximate surface area is 111 Å². The molecule has 0 heterocycles. The van der Waals surface area contributed by atoms with Gasteiger partial charge in [-0.1, -0.05) is 31.2 Å². The lowest BCUT2D eigenvalue weighted by atomic mass is 10.00. The van der Waals surface area contributed by atoms with Gasteiger partial charge in [0, 0.05) is 19.1 Å². The van der Waals surface area contributed by atoms with E-state index in [1.165, 1.54) is 24.0 Å². The predicted octanol–water partition coefficient (Wildman–Crippen LogP) is 3.03. The fraction of sp³-hybridized carbons (Fsp3) is 0.625. The molecule has 0 bridgehead atoms. The van der Waals surface area contributed by atoms with Crippen LogP contribution in [0.5, 0.6) is 0 Å². The molecule has 0 aromatic heterocycles. The van der Waals surface area contributed by atoms with Crippen molar-refractivity contribution < 1.29 is 0 Å². The molecule has 0 radical (unpaired) electrons. The molecule has 1 aliphatic carbocycles. The first-order valence-electron chi connectivity index (χ1n) is 6.96. The lowest BCUT2D eigenvalue weighted by Crippen LogP contribution is -2.33. The maximum atomic E-state index is 3.70. The Hall–Kier alpha value is -0.860. The fourth-order valence-corrected chi connectivity index (χ4v) is 2.36. The first-order valence-corrected chi connectivity index (χ1v) is 6.96. The van der Waals surface area contributed by atoms with E-state index in [2.05, 4.69) is 62.4 Å². The monoisotopic (exact) mass is 246 g/mol. The number of nitrogens with one attached hydrogen (secondary N) is 1. The molecule has 1 saturated carbocycles. The maximum absolute atomic E-state index is 3.70. The smallest absolute Gasteiger partial charge is 0.0230 e. The minimum absolute atomic E-state index is 0.552. The van der Waals surface area contributed by atoms with Gasteiger partial charge in [-0.05, 0) is 50.4 Å². The predicted molar refractivity (Wildman–Crippen MR) is 77.5 cm³/mol. The Kier molecular flexibility index (Phi) is 4.08. The average Bonchev–Trinajstić information content (AvgIpc) is 3.06. The Morgan fingerprint density at radius 3 is 2.39 bits per heavy atom. The lowest BCUT2D eigenvalue weighted by Gasteiger charge is -2.22. The number of hydrogen-bond donors (Lipinski definition) is 1. The van der Waals surface area contributed by atoms with Crippen LogP contribution in [0.15, 0.2) is 24.3 Å². The number of benzene rings is 1. The van der Waals surface area contributed by atoms with Gasteiger partial charge >= 0.3 is 0 Å². The average molecular weight is 246 g/mol. The molecule has 0 spiro atoms. The van der Waals surface area contributed by atoms with Crippen molar-refractivity contribution in [2.24, 2.45) is 5.41 Å². The summed E-state index contributed by atoms with van der Waals surface area (Å²) in [5, 5.41) is 3.70. The highest BCUT2D eigenvalue weighted by atomic mass is 15.0. The van der Waals surface area contributed by atoms with Crippen LogP contribution in [0.1, 0.15) is 37.8 Å². The molecule has 2 nitrogen and oxygen atoms in total. The van der Waals surface area contributed by atoms with E-state index in [1.807, 2.05) is 0 Å². The molecular formula is C16H26N2. The molecule has 2 rings (SSSR count). The molecule has 1 atom stereocenters. The third kappa shape index (κ3) is 3.33. The van der Waals surface area contributed by atoms with Crippen molar-refractivity contribution >= 4 is 0 Å². The summed E-state index contributed by atoms with van der Waals surface area (Å²) in [6.07, 6.45) is 2.75. The van der Waals surface area contributed by atoms with Gasteiger partial charge in [-0.3, -0.25) is 0 Å². The third-order valence-electron chi connectivity index (χ3n) is 4.29. The van der Waals surface area contributed by atoms with Crippen LogP contribution >= 0.6 is 0 Å². The van der Waals surface area contributed by atoms with Gasteiger partial charge in [0.25, 0.3) is 0 Å². The molecule has 1 aromatic rings. The van der Waals surface area contributed by atoms with Crippen LogP contribution in [0.4, 0.5) is 0 Å². The van der Waals surface area contributed by atoms with Gasteiger partial charge in [0.2, 0.25) is 0 Å². The zero-order chi connectivity index (χ0) is 13.2. The zero-order valence-electron chi connectivity index (χ0n) is 12.2. The summed E-state index contributed by atoms with van der Waals surface area (Å²) >= 11 is 0. The Morgan fingerprint density at radius 1 is 1.22 bits per heavy atom. The second kappa shape index (κ2) is 5.41. The third-order valence-corrected chi connectivity index (χ3v) is 4.29. The van der Waals surface area contributed by atoms with Gasteiger partial charge in [0.05, 0.1) is 0 Å². The zero-order valence-corrected chi connectivity index (χ0v) is 12.2. The molecule has 1 unspecified atom stereocenters. The molecule has 18 heavy (non-hydrogen) atoms. The van der Waals surface area contributed by atoms with Crippen LogP contribution in [0.3, 0.4) is 0 Å². The van der Waals surface area contributed by atoms with Crippen LogP contribution in [0, 0.1) is 5.41 Å². The normalized spacial score (nSPS) is 18.9. The van der Waals surface area contributed by atoms with Crippen molar-refractivity contribution in [3.05, 3.63) is 35.4 Å². The topological polar surface area (TPSA) is 15.3 Å². The van der Waals surface area contributed by atoms with E-state index in [0.717, 1.165) is 13.1 Å². The molecule has 0 saturated heterocycles. The van der Waals surface area contributed by atoms with E-state index >= 15 is 0 Å². The van der Waals surface area contributed by atoms with E-state index in [0.29, 0.717) is 11.5 Å². The van der Waals surface area contributed by atoms with E-state index in [9.17, 15) is 0 Å². The minimum atomic E-state index is 0.552. The molecule has 0 aliphatic heterocycles. The Balaban J connectivity index is 1.96. The highest BCUT2D eigenvalue weighted by molar-refractivity contribution is 5.27. The number of rotatable bonds is 6. The van der Waals surface area contributed by atoms with Crippen molar-refractivity contribution in [1.29, 1.82) is 0 Å². The van der Waals surface area contributed by atoms with Crippen LogP contribution in [0.2, 0.25) is 0 Å². The Morgan fingerprint density at radius 2 is 1.83 bits per heavy atom. The summed E-state index contributed by atoms with van der Waals surface area (Å²) < 4.78 is 0. The quantitative estimate of drug-likeness (QED) is 0.830. The van der Waals surface area contributed by atoms with Gasteiger partial charge < -0.3 is 10.2 Å². The van der Waals surface area contributed by atoms with E-state index in [1.54, 1.807) is 0 Å². The summed E-state index contributed by atoms with van der Waals surface area (Å²) in [5.74, 6) is 0. The minimum Gasteiger partial charge on any atom is -0.310 e. The van der Waals surface area contributed by atoms with Crippen molar-refractivity contribution in [3.63, 3.8) is 0 Å². The van der Waals surface area contributed by atoms with Crippen LogP contribution in [-0.2, 0) is 13.1 Å². The second-order valence-electron chi connectivity index (χ2n) is 6.26. The Bertz CT molecular complexity index is 394. The van der Waals surface area contributed by atoms with Crippen molar-refractivity contribution in [3.8, 4) is 0 Å². The second-order valence-corrected chi connectivity index (χ2v) is 6.26. The largest absolute Gasteiger partial charge is 0.310 e. The van der Waals surface area contributed by atoms with Crippen LogP contribution < -0.4 is 5.32 Å². The summed E-state index contributed by atoms with van der Waals surface area (Å²) in [7, 11) is 4.25. The molecule has 100 valence electrons. The summed E-state index contributed by atoms with van der Waals surface area (Å²) in [6.45, 7) is 6.71. The van der Waals surface area contributed by atoms with Gasteiger partial charge in [-0.25, -0.2) is 0 Å². The van der Waals surface area contributed by atoms with Gasteiger partial charge in [0.15, 0.2) is 0 Å². The number of hydrogen-bond acceptors (Lipinski definition) is 2. The first-order chi connectivity index (χ1) is 8.51. The van der Waals surface area contributed by atoms with Gasteiger partial charge in [-0.2, -0.15) is 0 Å². The summed E-state index contributed by atoms with van der Waals surface area (Å²) in [6, 6.07) is 9.37. The van der Waals surface area contributed by atoms with Crippen molar-refractivity contribution in [2.45, 2.75) is 45.8 Å². The van der Waals surface area contributed by atoms with Crippen molar-refractivity contribution in [2.75, 3.05) is 14.1 Å². The molecule has 1 aliphatic rings. The summed E-state index contributed by atoms with van der Waals surface area (Å²) in [5.41, 5.74) is 3.42. The van der Waals surface area contributed by atoms with Gasteiger partial charge in [-0.15, -0.1) is 0 Å². The first kappa shape index (κ1) is 13.6. The summed E-state index contributed by atoms with van der Waals surface area (Å²) in [4.78, 5) is 2.23. The highest BCUT2D eigenvalue weighted by Gasteiger charge is 2.42. The molecule has 1 aromatic carbocycles. The van der Waals surface area contributed by atoms with E-state index in [-0.39, 0.29) is 0 Å². The highest BCUT2D eigenvalue weighted by Crippen LogP contribution is 2.47. The molecule has 0 amide bonds. The fourth-order valence-electron chi connectivity index (χ4n) is 2.36. The van der Waals surface area contributed by atoms with E-state index < -0.39 is 0 Å². The van der Waals surface area contributed by atoms with Crippen LogP contribution in [0.25, 0.3) is 0 Å². The standard InChI is InChI=1S/C16H26N2/c1-13(16(2)9-10-16)17-11-14-7-5-6-8-15(14)12-18(3)4/h5-8,13,17H,9-12H2,1-4H3. The SMILES string of the molecule is CC(NCc1ccccc1CN(C)C)C1(C)CC1. The van der Waals surface area contributed by atoms with Crippen molar-refractivity contribution in [1.82, 2.24) is 10.2 Å². The molecule has 1 fully saturated rings. The van der Waals surface area contributed by atoms with Crippen LogP contribution in [-0.4, -0.2) is 25.0 Å². The van der Waals surface area contributed by atoms with Gasteiger partial charge in [0.1, 0.15) is 0 Å². The molecule has 1 N–H and O–H groups in total. The molecular weight excluding hydrogens is 220 g/mol. The maximum Gasteiger partial charge on any atom is 0.0230 e. The molecule has 2 heteroatoms.